The molecule has 5 nitrogen and oxygen atoms in total. The number of hydrogen-bond acceptors (Lipinski definition) is 6. The molecule has 2 aromatic carbocycles. The molecule has 7 heteroatoms. The molecule has 1 unspecified atom stereocenters. The van der Waals surface area contributed by atoms with Crippen molar-refractivity contribution in [2.75, 3.05) is 5.75 Å². The number of rotatable bonds is 5. The normalized spacial score (nSPS) is 16.4. The lowest BCUT2D eigenvalue weighted by molar-refractivity contribution is -0.137. The summed E-state index contributed by atoms with van der Waals surface area (Å²) in [7, 11) is 0. The van der Waals surface area contributed by atoms with E-state index in [-0.39, 0.29) is 0 Å². The van der Waals surface area contributed by atoms with E-state index >= 15 is 0 Å². The Morgan fingerprint density at radius 3 is 2.64 bits per heavy atom. The second kappa shape index (κ2) is 7.56. The number of aliphatic carboxylic acids is 1. The number of thioether (sulfide) groups is 1. The maximum atomic E-state index is 11.1. The summed E-state index contributed by atoms with van der Waals surface area (Å²) in [6.45, 7) is 6.85. The van der Waals surface area contributed by atoms with Crippen LogP contribution in [0.2, 0.25) is 0 Å². The predicted octanol–water partition coefficient (Wildman–Crippen LogP) is 4.75. The first-order valence-corrected chi connectivity index (χ1v) is 10.7. The Morgan fingerprint density at radius 2 is 1.96 bits per heavy atom. The predicted molar refractivity (Wildman–Crippen MR) is 115 cm³/mol. The van der Waals surface area contributed by atoms with Crippen molar-refractivity contribution >= 4 is 44.3 Å². The van der Waals surface area contributed by atoms with Gasteiger partial charge in [-0.2, -0.15) is 0 Å². The molecule has 0 radical (unpaired) electrons. The molecule has 4 rings (SSSR count). The summed E-state index contributed by atoms with van der Waals surface area (Å²) in [4.78, 5) is 20.0. The van der Waals surface area contributed by atoms with Crippen molar-refractivity contribution in [3.63, 3.8) is 0 Å². The molecule has 0 aliphatic carbocycles. The summed E-state index contributed by atoms with van der Waals surface area (Å²) in [6.07, 6.45) is 0. The van der Waals surface area contributed by atoms with Crippen molar-refractivity contribution < 1.29 is 14.6 Å². The van der Waals surface area contributed by atoms with Gasteiger partial charge in [-0.05, 0) is 55.7 Å². The molecule has 2 heterocycles. The van der Waals surface area contributed by atoms with Crippen LogP contribution in [0.15, 0.2) is 35.3 Å². The van der Waals surface area contributed by atoms with E-state index in [0.717, 1.165) is 21.0 Å². The number of fused-ring (bicyclic) bond motifs is 1. The zero-order chi connectivity index (χ0) is 19.8. The summed E-state index contributed by atoms with van der Waals surface area (Å²) in [5.41, 5.74) is 5.82. The van der Waals surface area contributed by atoms with Crippen LogP contribution in [0.4, 0.5) is 0 Å². The summed E-state index contributed by atoms with van der Waals surface area (Å²) < 4.78 is 7.06. The first-order chi connectivity index (χ1) is 13.4. The minimum atomic E-state index is -0.888. The van der Waals surface area contributed by atoms with Crippen molar-refractivity contribution in [1.82, 2.24) is 4.98 Å². The van der Waals surface area contributed by atoms with E-state index < -0.39 is 12.0 Å². The number of aryl methyl sites for hydroxylation is 3. The van der Waals surface area contributed by atoms with E-state index in [4.69, 9.17) is 9.84 Å². The molecule has 1 aromatic heterocycles. The number of carbonyl (C=O) groups is 1. The number of aliphatic imine (C=N–C) groups is 1. The minimum absolute atomic E-state index is 0.463. The van der Waals surface area contributed by atoms with Gasteiger partial charge in [-0.15, -0.1) is 23.1 Å². The highest BCUT2D eigenvalue weighted by Crippen LogP contribution is 2.32. The number of benzene rings is 2. The maximum absolute atomic E-state index is 11.1. The topological polar surface area (TPSA) is 71.8 Å². The maximum Gasteiger partial charge on any atom is 0.329 e. The monoisotopic (exact) mass is 412 g/mol. The van der Waals surface area contributed by atoms with Gasteiger partial charge in [-0.25, -0.2) is 9.78 Å². The molecule has 1 N–H and O–H groups in total. The molecule has 1 atom stereocenters. The Labute approximate surface area is 171 Å². The summed E-state index contributed by atoms with van der Waals surface area (Å²) in [5.74, 6) is 0.372. The van der Waals surface area contributed by atoms with Gasteiger partial charge >= 0.3 is 5.97 Å². The quantitative estimate of drug-likeness (QED) is 0.655. The lowest BCUT2D eigenvalue weighted by Gasteiger charge is -2.12. The van der Waals surface area contributed by atoms with E-state index in [1.807, 2.05) is 18.2 Å². The van der Waals surface area contributed by atoms with Crippen LogP contribution < -0.4 is 4.74 Å². The fourth-order valence-electron chi connectivity index (χ4n) is 3.30. The zero-order valence-corrected chi connectivity index (χ0v) is 17.5. The van der Waals surface area contributed by atoms with Crippen LogP contribution in [-0.2, 0) is 11.4 Å². The van der Waals surface area contributed by atoms with Crippen LogP contribution in [0, 0.1) is 20.8 Å². The highest BCUT2D eigenvalue weighted by atomic mass is 32.2. The van der Waals surface area contributed by atoms with Crippen molar-refractivity contribution in [1.29, 1.82) is 0 Å². The molecular formula is C21H20N2O3S2. The van der Waals surface area contributed by atoms with Gasteiger partial charge in [0, 0.05) is 5.75 Å². The first kappa shape index (κ1) is 19.0. The third-order valence-corrected chi connectivity index (χ3v) is 6.91. The van der Waals surface area contributed by atoms with E-state index in [1.165, 1.54) is 45.4 Å². The van der Waals surface area contributed by atoms with Gasteiger partial charge in [0.1, 0.15) is 22.4 Å². The van der Waals surface area contributed by atoms with Crippen LogP contribution in [0.1, 0.15) is 27.3 Å². The van der Waals surface area contributed by atoms with Gasteiger partial charge in [0.05, 0.1) is 10.2 Å². The summed E-state index contributed by atoms with van der Waals surface area (Å²) in [6, 6.07) is 9.53. The van der Waals surface area contributed by atoms with Crippen molar-refractivity contribution in [3.05, 3.63) is 57.6 Å². The highest BCUT2D eigenvalue weighted by Gasteiger charge is 2.26. The largest absolute Gasteiger partial charge is 0.489 e. The number of nitrogens with zero attached hydrogens (tertiary/aromatic N) is 2. The number of thiazole rings is 1. The number of carboxylic acids is 1. The number of aromatic nitrogens is 1. The molecule has 0 saturated heterocycles. The second-order valence-corrected chi connectivity index (χ2v) is 8.95. The lowest BCUT2D eigenvalue weighted by atomic mass is 10.0. The van der Waals surface area contributed by atoms with Gasteiger partial charge in [0.2, 0.25) is 0 Å². The Kier molecular flexibility index (Phi) is 5.12. The molecule has 0 bridgehead atoms. The first-order valence-electron chi connectivity index (χ1n) is 8.94. The van der Waals surface area contributed by atoms with Gasteiger partial charge in [0.15, 0.2) is 6.04 Å². The Morgan fingerprint density at radius 1 is 1.21 bits per heavy atom. The van der Waals surface area contributed by atoms with Crippen molar-refractivity contribution in [2.24, 2.45) is 4.99 Å². The summed E-state index contributed by atoms with van der Waals surface area (Å²) >= 11 is 2.97. The van der Waals surface area contributed by atoms with Crippen molar-refractivity contribution in [3.8, 4) is 5.75 Å². The molecule has 144 valence electrons. The van der Waals surface area contributed by atoms with Crippen LogP contribution in [0.5, 0.6) is 5.75 Å². The number of hydrogen-bond donors (Lipinski definition) is 1. The SMILES string of the molecule is Cc1cc(C)c(COc2ccc3nc(C4=NC(C(=O)O)CS4)sc3c2)c(C)c1. The number of ether oxygens (including phenoxy) is 1. The smallest absolute Gasteiger partial charge is 0.329 e. The average Bonchev–Trinajstić information content (AvgIpc) is 3.27. The average molecular weight is 413 g/mol. The second-order valence-electron chi connectivity index (χ2n) is 6.91. The van der Waals surface area contributed by atoms with E-state index in [9.17, 15) is 4.79 Å². The molecule has 28 heavy (non-hydrogen) atoms. The van der Waals surface area contributed by atoms with Crippen molar-refractivity contribution in [2.45, 2.75) is 33.4 Å². The molecule has 0 spiro atoms. The van der Waals surface area contributed by atoms with Gasteiger partial charge < -0.3 is 9.84 Å². The third-order valence-electron chi connectivity index (χ3n) is 4.70. The Bertz CT molecular complexity index is 1080. The van der Waals surface area contributed by atoms with Crippen LogP contribution in [-0.4, -0.2) is 32.9 Å². The molecule has 3 aromatic rings. The molecule has 1 aliphatic rings. The Balaban J connectivity index is 1.54. The lowest BCUT2D eigenvalue weighted by Crippen LogP contribution is -2.17. The standard InChI is InChI=1S/C21H20N2O3S2/c1-11-6-12(2)15(13(3)7-11)9-26-14-4-5-16-18(8-14)28-20(22-16)19-23-17(10-27-19)21(24)25/h4-8,17H,9-10H2,1-3H3,(H,24,25). The summed E-state index contributed by atoms with van der Waals surface area (Å²) in [5, 5.41) is 10.6. The molecular weight excluding hydrogens is 392 g/mol. The molecule has 0 amide bonds. The molecule has 1 aliphatic heterocycles. The molecule has 0 saturated carbocycles. The zero-order valence-electron chi connectivity index (χ0n) is 15.9. The highest BCUT2D eigenvalue weighted by molar-refractivity contribution is 8.15. The van der Waals surface area contributed by atoms with E-state index in [2.05, 4.69) is 42.9 Å². The molecule has 0 fully saturated rings. The minimum Gasteiger partial charge on any atom is -0.489 e. The van der Waals surface area contributed by atoms with Gasteiger partial charge in [-0.3, -0.25) is 4.99 Å². The van der Waals surface area contributed by atoms with Crippen LogP contribution in [0.3, 0.4) is 0 Å². The van der Waals surface area contributed by atoms with Crippen LogP contribution >= 0.6 is 23.1 Å². The van der Waals surface area contributed by atoms with Crippen LogP contribution in [0.25, 0.3) is 10.2 Å². The van der Waals surface area contributed by atoms with E-state index in [1.54, 1.807) is 0 Å². The van der Waals surface area contributed by atoms with Gasteiger partial charge in [-0.1, -0.05) is 17.7 Å². The fraction of sp³-hybridized carbons (Fsp3) is 0.286. The number of carboxylic acid groups (broad SMARTS) is 1. The van der Waals surface area contributed by atoms with E-state index in [0.29, 0.717) is 17.4 Å². The third kappa shape index (κ3) is 3.77. The fourth-order valence-corrected chi connectivity index (χ4v) is 5.39. The Hall–Kier alpha value is -2.38. The van der Waals surface area contributed by atoms with Gasteiger partial charge in [0.25, 0.3) is 0 Å².